The molecular formula is C14H10Cl2FNO2. The molecule has 0 spiro atoms. The van der Waals surface area contributed by atoms with Crippen LogP contribution >= 0.6 is 23.2 Å². The maximum absolute atomic E-state index is 13.2. The van der Waals surface area contributed by atoms with Gasteiger partial charge in [-0.2, -0.15) is 0 Å². The summed E-state index contributed by atoms with van der Waals surface area (Å²) in [7, 11) is 0. The van der Waals surface area contributed by atoms with Crippen molar-refractivity contribution in [1.82, 2.24) is 0 Å². The Balaban J connectivity index is 2.40. The van der Waals surface area contributed by atoms with Crippen molar-refractivity contribution in [3.8, 4) is 0 Å². The molecule has 0 atom stereocenters. The van der Waals surface area contributed by atoms with Gasteiger partial charge < -0.3 is 10.4 Å². The number of aliphatic carboxylic acids is 1. The van der Waals surface area contributed by atoms with Gasteiger partial charge in [0.2, 0.25) is 0 Å². The van der Waals surface area contributed by atoms with Gasteiger partial charge in [0, 0.05) is 5.69 Å². The summed E-state index contributed by atoms with van der Waals surface area (Å²) in [6.07, 6.45) is -0.303. The van der Waals surface area contributed by atoms with E-state index in [1.807, 2.05) is 0 Å². The summed E-state index contributed by atoms with van der Waals surface area (Å²) in [6.45, 7) is 0. The number of halogens is 3. The lowest BCUT2D eigenvalue weighted by atomic mass is 10.1. The fourth-order valence-corrected chi connectivity index (χ4v) is 2.24. The van der Waals surface area contributed by atoms with Gasteiger partial charge in [-0.3, -0.25) is 4.79 Å². The molecule has 0 aliphatic carbocycles. The highest BCUT2D eigenvalue weighted by atomic mass is 35.5. The zero-order chi connectivity index (χ0) is 14.7. The van der Waals surface area contributed by atoms with E-state index in [9.17, 15) is 9.18 Å². The summed E-state index contributed by atoms with van der Waals surface area (Å²) >= 11 is 12.1. The lowest BCUT2D eigenvalue weighted by molar-refractivity contribution is -0.136. The SMILES string of the molecule is O=C(O)Cc1cc(F)ccc1Nc1c(Cl)cccc1Cl. The molecule has 0 fully saturated rings. The maximum Gasteiger partial charge on any atom is 0.307 e. The minimum atomic E-state index is -1.05. The van der Waals surface area contributed by atoms with Gasteiger partial charge in [-0.1, -0.05) is 29.3 Å². The minimum Gasteiger partial charge on any atom is -0.481 e. The third kappa shape index (κ3) is 3.40. The molecule has 0 amide bonds. The average molecular weight is 314 g/mol. The number of para-hydroxylation sites is 1. The van der Waals surface area contributed by atoms with Gasteiger partial charge >= 0.3 is 5.97 Å². The zero-order valence-corrected chi connectivity index (χ0v) is 11.7. The Morgan fingerprint density at radius 1 is 1.20 bits per heavy atom. The van der Waals surface area contributed by atoms with Crippen LogP contribution in [0.15, 0.2) is 36.4 Å². The van der Waals surface area contributed by atoms with Crippen molar-refractivity contribution in [1.29, 1.82) is 0 Å². The van der Waals surface area contributed by atoms with E-state index in [4.69, 9.17) is 28.3 Å². The second kappa shape index (κ2) is 6.11. The molecule has 2 N–H and O–H groups in total. The normalized spacial score (nSPS) is 10.3. The number of benzene rings is 2. The van der Waals surface area contributed by atoms with Crippen LogP contribution in [0.1, 0.15) is 5.56 Å². The molecule has 0 aliphatic heterocycles. The first-order chi connectivity index (χ1) is 9.47. The number of carboxylic acids is 1. The van der Waals surface area contributed by atoms with Gasteiger partial charge in [-0.05, 0) is 35.9 Å². The Bertz CT molecular complexity index is 641. The van der Waals surface area contributed by atoms with E-state index < -0.39 is 11.8 Å². The molecule has 0 aliphatic rings. The molecule has 3 nitrogen and oxygen atoms in total. The van der Waals surface area contributed by atoms with E-state index >= 15 is 0 Å². The molecule has 2 aromatic rings. The van der Waals surface area contributed by atoms with Crippen LogP contribution in [0.2, 0.25) is 10.0 Å². The molecule has 0 aromatic heterocycles. The van der Waals surface area contributed by atoms with Crippen molar-refractivity contribution in [2.75, 3.05) is 5.32 Å². The zero-order valence-electron chi connectivity index (χ0n) is 10.2. The number of carboxylic acid groups (broad SMARTS) is 1. The van der Waals surface area contributed by atoms with Crippen molar-refractivity contribution in [2.45, 2.75) is 6.42 Å². The standard InChI is InChI=1S/C14H10Cl2FNO2/c15-10-2-1-3-11(16)14(10)18-12-5-4-9(17)6-8(12)7-13(19)20/h1-6,18H,7H2,(H,19,20). The molecule has 20 heavy (non-hydrogen) atoms. The van der Waals surface area contributed by atoms with E-state index in [1.165, 1.54) is 18.2 Å². The monoisotopic (exact) mass is 313 g/mol. The van der Waals surface area contributed by atoms with Crippen LogP contribution in [0.25, 0.3) is 0 Å². The third-order valence-electron chi connectivity index (χ3n) is 2.63. The smallest absolute Gasteiger partial charge is 0.307 e. The van der Waals surface area contributed by atoms with Crippen molar-refractivity contribution in [3.63, 3.8) is 0 Å². The van der Waals surface area contributed by atoms with Crippen LogP contribution in [-0.4, -0.2) is 11.1 Å². The average Bonchev–Trinajstić information content (AvgIpc) is 2.35. The number of hydrogen-bond donors (Lipinski definition) is 2. The van der Waals surface area contributed by atoms with Gasteiger partial charge in [-0.25, -0.2) is 4.39 Å². The first-order valence-corrected chi connectivity index (χ1v) is 6.44. The van der Waals surface area contributed by atoms with Gasteiger partial charge in [0.1, 0.15) is 5.82 Å². The molecule has 104 valence electrons. The van der Waals surface area contributed by atoms with Crippen molar-refractivity contribution in [2.24, 2.45) is 0 Å². The highest BCUT2D eigenvalue weighted by molar-refractivity contribution is 6.39. The summed E-state index contributed by atoms with van der Waals surface area (Å²) < 4.78 is 13.2. The van der Waals surface area contributed by atoms with E-state index in [0.29, 0.717) is 27.0 Å². The van der Waals surface area contributed by atoms with Crippen LogP contribution in [0.4, 0.5) is 15.8 Å². The first kappa shape index (κ1) is 14.6. The highest BCUT2D eigenvalue weighted by Gasteiger charge is 2.11. The Morgan fingerprint density at radius 3 is 2.45 bits per heavy atom. The molecule has 0 saturated heterocycles. The van der Waals surface area contributed by atoms with Crippen LogP contribution < -0.4 is 5.32 Å². The van der Waals surface area contributed by atoms with E-state index in [-0.39, 0.29) is 6.42 Å². The summed E-state index contributed by atoms with van der Waals surface area (Å²) in [4.78, 5) is 10.8. The molecule has 2 rings (SSSR count). The third-order valence-corrected chi connectivity index (χ3v) is 3.26. The van der Waals surface area contributed by atoms with Gasteiger partial charge in [-0.15, -0.1) is 0 Å². The molecule has 2 aromatic carbocycles. The number of hydrogen-bond acceptors (Lipinski definition) is 2. The molecule has 0 heterocycles. The van der Waals surface area contributed by atoms with E-state index in [2.05, 4.69) is 5.32 Å². The van der Waals surface area contributed by atoms with Gasteiger partial charge in [0.05, 0.1) is 22.2 Å². The summed E-state index contributed by atoms with van der Waals surface area (Å²) in [5, 5.41) is 12.6. The van der Waals surface area contributed by atoms with Crippen LogP contribution in [0.3, 0.4) is 0 Å². The highest BCUT2D eigenvalue weighted by Crippen LogP contribution is 2.33. The van der Waals surface area contributed by atoms with Gasteiger partial charge in [0.25, 0.3) is 0 Å². The van der Waals surface area contributed by atoms with Crippen LogP contribution in [0, 0.1) is 5.82 Å². The van der Waals surface area contributed by atoms with E-state index in [0.717, 1.165) is 0 Å². The second-order valence-electron chi connectivity index (χ2n) is 4.09. The molecule has 0 radical (unpaired) electrons. The molecule has 0 saturated carbocycles. The second-order valence-corrected chi connectivity index (χ2v) is 4.91. The Kier molecular flexibility index (Phi) is 4.47. The summed E-state index contributed by atoms with van der Waals surface area (Å²) in [5.74, 6) is -1.55. The summed E-state index contributed by atoms with van der Waals surface area (Å²) in [5.41, 5.74) is 1.21. The fourth-order valence-electron chi connectivity index (χ4n) is 1.75. The fraction of sp³-hybridized carbons (Fsp3) is 0.0714. The first-order valence-electron chi connectivity index (χ1n) is 5.68. The molecule has 6 heteroatoms. The van der Waals surface area contributed by atoms with E-state index in [1.54, 1.807) is 18.2 Å². The quantitative estimate of drug-likeness (QED) is 0.873. The number of carbonyl (C=O) groups is 1. The maximum atomic E-state index is 13.2. The van der Waals surface area contributed by atoms with Crippen LogP contribution in [0.5, 0.6) is 0 Å². The predicted molar refractivity (Wildman–Crippen MR) is 77.5 cm³/mol. The number of anilines is 2. The topological polar surface area (TPSA) is 49.3 Å². The van der Waals surface area contributed by atoms with Crippen molar-refractivity contribution < 1.29 is 14.3 Å². The predicted octanol–water partition coefficient (Wildman–Crippen LogP) is 4.50. The Morgan fingerprint density at radius 2 is 1.85 bits per heavy atom. The lowest BCUT2D eigenvalue weighted by Crippen LogP contribution is -2.04. The Labute approximate surface area is 124 Å². The minimum absolute atomic E-state index is 0.303. The molecule has 0 bridgehead atoms. The lowest BCUT2D eigenvalue weighted by Gasteiger charge is -2.13. The largest absolute Gasteiger partial charge is 0.481 e. The number of rotatable bonds is 4. The molecular weight excluding hydrogens is 304 g/mol. The Hall–Kier alpha value is -1.78. The molecule has 0 unspecified atom stereocenters. The van der Waals surface area contributed by atoms with Crippen molar-refractivity contribution >= 4 is 40.5 Å². The van der Waals surface area contributed by atoms with Gasteiger partial charge in [0.15, 0.2) is 0 Å². The van der Waals surface area contributed by atoms with Crippen molar-refractivity contribution in [3.05, 3.63) is 57.8 Å². The summed E-state index contributed by atoms with van der Waals surface area (Å²) in [6, 6.07) is 8.85. The van der Waals surface area contributed by atoms with Crippen LogP contribution in [-0.2, 0) is 11.2 Å². The number of nitrogens with one attached hydrogen (secondary N) is 1.